The maximum atomic E-state index is 10.8. The number of nitrogens with zero attached hydrogens (tertiary/aromatic N) is 4. The second kappa shape index (κ2) is 3.78. The average molecular weight is 239 g/mol. The zero-order valence-corrected chi connectivity index (χ0v) is 8.72. The molecule has 2 heterocycles. The standard InChI is InChI=1S/C8H7ClN6O/c9-5-3-6(13-8(11)12-5)15-2-1-4(14-15)7(10)16/h1-3H,(H2,10,16)(H2,11,12,13). The molecular weight excluding hydrogens is 232 g/mol. The van der Waals surface area contributed by atoms with Gasteiger partial charge in [-0.05, 0) is 6.07 Å². The van der Waals surface area contributed by atoms with Crippen LogP contribution in [0, 0.1) is 0 Å². The van der Waals surface area contributed by atoms with Crippen molar-refractivity contribution in [3.8, 4) is 5.82 Å². The number of aromatic nitrogens is 4. The predicted molar refractivity (Wildman–Crippen MR) is 57.1 cm³/mol. The summed E-state index contributed by atoms with van der Waals surface area (Å²) in [6.45, 7) is 0. The van der Waals surface area contributed by atoms with Crippen molar-refractivity contribution in [2.24, 2.45) is 5.73 Å². The molecule has 2 aromatic rings. The third-order valence-electron chi connectivity index (χ3n) is 1.77. The number of carbonyl (C=O) groups excluding carboxylic acids is 1. The highest BCUT2D eigenvalue weighted by Gasteiger charge is 2.08. The quantitative estimate of drug-likeness (QED) is 0.715. The Hall–Kier alpha value is -2.15. The second-order valence-electron chi connectivity index (χ2n) is 2.92. The maximum Gasteiger partial charge on any atom is 0.269 e. The van der Waals surface area contributed by atoms with Crippen LogP contribution in [0.5, 0.6) is 0 Å². The van der Waals surface area contributed by atoms with E-state index < -0.39 is 5.91 Å². The topological polar surface area (TPSA) is 113 Å². The lowest BCUT2D eigenvalue weighted by molar-refractivity contribution is 0.0995. The first-order valence-corrected chi connectivity index (χ1v) is 4.60. The van der Waals surface area contributed by atoms with Crippen molar-refractivity contribution in [1.82, 2.24) is 19.7 Å². The summed E-state index contributed by atoms with van der Waals surface area (Å²) in [5.41, 5.74) is 10.6. The van der Waals surface area contributed by atoms with Crippen LogP contribution in [0.25, 0.3) is 5.82 Å². The van der Waals surface area contributed by atoms with E-state index in [2.05, 4.69) is 15.1 Å². The van der Waals surface area contributed by atoms with Crippen LogP contribution in [0.4, 0.5) is 5.95 Å². The fourth-order valence-corrected chi connectivity index (χ4v) is 1.31. The lowest BCUT2D eigenvalue weighted by Gasteiger charge is -2.01. The highest BCUT2D eigenvalue weighted by atomic mass is 35.5. The number of anilines is 1. The molecular formula is C8H7ClN6O. The van der Waals surface area contributed by atoms with Crippen LogP contribution in [0.1, 0.15) is 10.5 Å². The molecule has 2 rings (SSSR count). The molecule has 82 valence electrons. The van der Waals surface area contributed by atoms with E-state index in [4.69, 9.17) is 23.1 Å². The number of nitrogen functional groups attached to an aromatic ring is 1. The Balaban J connectivity index is 2.46. The van der Waals surface area contributed by atoms with Gasteiger partial charge in [0.05, 0.1) is 0 Å². The van der Waals surface area contributed by atoms with E-state index >= 15 is 0 Å². The molecule has 0 aromatic carbocycles. The molecule has 1 amide bonds. The molecule has 0 saturated carbocycles. The molecule has 0 radical (unpaired) electrons. The van der Waals surface area contributed by atoms with Crippen molar-refractivity contribution >= 4 is 23.5 Å². The maximum absolute atomic E-state index is 10.8. The minimum atomic E-state index is -0.619. The van der Waals surface area contributed by atoms with E-state index in [1.807, 2.05) is 0 Å². The van der Waals surface area contributed by atoms with E-state index in [0.717, 1.165) is 0 Å². The molecule has 2 aromatic heterocycles. The van der Waals surface area contributed by atoms with Gasteiger partial charge in [0, 0.05) is 12.3 Å². The molecule has 8 heteroatoms. The van der Waals surface area contributed by atoms with Crippen molar-refractivity contribution < 1.29 is 4.79 Å². The van der Waals surface area contributed by atoms with E-state index in [0.29, 0.717) is 5.82 Å². The lowest BCUT2D eigenvalue weighted by atomic mass is 10.4. The van der Waals surface area contributed by atoms with E-state index in [-0.39, 0.29) is 16.8 Å². The molecule has 0 atom stereocenters. The Labute approximate surface area is 95.0 Å². The number of nitrogens with two attached hydrogens (primary N) is 2. The van der Waals surface area contributed by atoms with Gasteiger partial charge in [-0.3, -0.25) is 4.79 Å². The van der Waals surface area contributed by atoms with Gasteiger partial charge in [0.1, 0.15) is 10.8 Å². The number of hydrogen-bond acceptors (Lipinski definition) is 5. The van der Waals surface area contributed by atoms with Crippen molar-refractivity contribution in [3.05, 3.63) is 29.2 Å². The summed E-state index contributed by atoms with van der Waals surface area (Å²) in [5, 5.41) is 4.09. The Kier molecular flexibility index (Phi) is 2.45. The predicted octanol–water partition coefficient (Wildman–Crippen LogP) is -0.00320. The van der Waals surface area contributed by atoms with E-state index in [9.17, 15) is 4.79 Å². The highest BCUT2D eigenvalue weighted by Crippen LogP contribution is 2.11. The Bertz CT molecular complexity index is 531. The van der Waals surface area contributed by atoms with Gasteiger partial charge in [0.15, 0.2) is 5.82 Å². The minimum Gasteiger partial charge on any atom is -0.368 e. The normalized spacial score (nSPS) is 10.3. The first-order chi connectivity index (χ1) is 7.56. The minimum absolute atomic E-state index is 0.0265. The molecule has 16 heavy (non-hydrogen) atoms. The summed E-state index contributed by atoms with van der Waals surface area (Å²) in [6.07, 6.45) is 1.53. The van der Waals surface area contributed by atoms with Crippen LogP contribution < -0.4 is 11.5 Å². The third-order valence-corrected chi connectivity index (χ3v) is 1.97. The van der Waals surface area contributed by atoms with Crippen LogP contribution in [-0.4, -0.2) is 25.7 Å². The molecule has 0 aliphatic carbocycles. The smallest absolute Gasteiger partial charge is 0.269 e. The average Bonchev–Trinajstić information content (AvgIpc) is 2.64. The summed E-state index contributed by atoms with van der Waals surface area (Å²) in [6, 6.07) is 2.93. The number of carbonyl (C=O) groups is 1. The monoisotopic (exact) mass is 238 g/mol. The number of halogens is 1. The summed E-state index contributed by atoms with van der Waals surface area (Å²) in [7, 11) is 0. The fraction of sp³-hybridized carbons (Fsp3) is 0. The summed E-state index contributed by atoms with van der Waals surface area (Å²) in [4.78, 5) is 18.5. The molecule has 0 spiro atoms. The second-order valence-corrected chi connectivity index (χ2v) is 3.30. The Morgan fingerprint density at radius 1 is 1.44 bits per heavy atom. The molecule has 0 unspecified atom stereocenters. The van der Waals surface area contributed by atoms with Gasteiger partial charge in [0.2, 0.25) is 5.95 Å². The molecule has 0 bridgehead atoms. The van der Waals surface area contributed by atoms with Crippen molar-refractivity contribution in [1.29, 1.82) is 0 Å². The molecule has 0 fully saturated rings. The van der Waals surface area contributed by atoms with E-state index in [1.54, 1.807) is 0 Å². The van der Waals surface area contributed by atoms with Crippen LogP contribution >= 0.6 is 11.6 Å². The van der Waals surface area contributed by atoms with Crippen molar-refractivity contribution in [2.45, 2.75) is 0 Å². The van der Waals surface area contributed by atoms with E-state index in [1.165, 1.54) is 23.0 Å². The van der Waals surface area contributed by atoms with Gasteiger partial charge in [0.25, 0.3) is 5.91 Å². The summed E-state index contributed by atoms with van der Waals surface area (Å²) >= 11 is 5.71. The van der Waals surface area contributed by atoms with Crippen LogP contribution in [0.3, 0.4) is 0 Å². The first kappa shape index (κ1) is 10.4. The summed E-state index contributed by atoms with van der Waals surface area (Å²) in [5.74, 6) is -0.226. The first-order valence-electron chi connectivity index (χ1n) is 4.22. The SMILES string of the molecule is NC(=O)c1ccn(-c2cc(Cl)nc(N)n2)n1. The molecule has 0 saturated heterocycles. The van der Waals surface area contributed by atoms with Gasteiger partial charge in [-0.25, -0.2) is 9.67 Å². The van der Waals surface area contributed by atoms with Gasteiger partial charge in [-0.2, -0.15) is 10.1 Å². The highest BCUT2D eigenvalue weighted by molar-refractivity contribution is 6.29. The van der Waals surface area contributed by atoms with Gasteiger partial charge >= 0.3 is 0 Å². The van der Waals surface area contributed by atoms with Crippen LogP contribution in [-0.2, 0) is 0 Å². The Morgan fingerprint density at radius 2 is 2.19 bits per heavy atom. The van der Waals surface area contributed by atoms with Gasteiger partial charge < -0.3 is 11.5 Å². The number of primary amides is 1. The molecule has 4 N–H and O–H groups in total. The molecule has 7 nitrogen and oxygen atoms in total. The number of amides is 1. The van der Waals surface area contributed by atoms with Gasteiger partial charge in [-0.15, -0.1) is 0 Å². The number of rotatable bonds is 2. The lowest BCUT2D eigenvalue weighted by Crippen LogP contribution is -2.12. The van der Waals surface area contributed by atoms with Crippen molar-refractivity contribution in [3.63, 3.8) is 0 Å². The zero-order valence-electron chi connectivity index (χ0n) is 7.96. The zero-order chi connectivity index (χ0) is 11.7. The van der Waals surface area contributed by atoms with Crippen molar-refractivity contribution in [2.75, 3.05) is 5.73 Å². The molecule has 0 aliphatic heterocycles. The van der Waals surface area contributed by atoms with Crippen LogP contribution in [0.2, 0.25) is 5.15 Å². The third kappa shape index (κ3) is 1.94. The fourth-order valence-electron chi connectivity index (χ4n) is 1.12. The Morgan fingerprint density at radius 3 is 2.75 bits per heavy atom. The number of hydrogen-bond donors (Lipinski definition) is 2. The summed E-state index contributed by atoms with van der Waals surface area (Å²) < 4.78 is 1.34. The largest absolute Gasteiger partial charge is 0.368 e. The van der Waals surface area contributed by atoms with Crippen LogP contribution in [0.15, 0.2) is 18.3 Å². The van der Waals surface area contributed by atoms with Gasteiger partial charge in [-0.1, -0.05) is 11.6 Å². The molecule has 0 aliphatic rings.